The minimum atomic E-state index is -3.85. The molecule has 0 saturated heterocycles. The molecule has 21 heavy (non-hydrogen) atoms. The third-order valence-electron chi connectivity index (χ3n) is 1.96. The molecule has 0 spiro atoms. The summed E-state index contributed by atoms with van der Waals surface area (Å²) < 4.78 is 32.5. The molecule has 0 N–H and O–H groups in total. The third-order valence-corrected chi connectivity index (χ3v) is 5.31. The molecule has 120 valence electrons. The van der Waals surface area contributed by atoms with E-state index in [-0.39, 0.29) is 55.8 Å². The van der Waals surface area contributed by atoms with Gasteiger partial charge in [0, 0.05) is 12.8 Å². The quantitative estimate of drug-likeness (QED) is 0.361. The normalized spacial score (nSPS) is 9.62. The molecule has 0 radical (unpaired) electrons. The molecule has 9 heteroatoms. The fraction of sp³-hybridized carbons (Fsp3) is 0.833. The van der Waals surface area contributed by atoms with Crippen molar-refractivity contribution in [2.45, 2.75) is 64.8 Å². The van der Waals surface area contributed by atoms with Crippen molar-refractivity contribution in [3.8, 4) is 12.1 Å². The van der Waals surface area contributed by atoms with E-state index in [1.165, 1.54) is 0 Å². The monoisotopic (exact) mass is 382 g/mol. The zero-order valence-electron chi connectivity index (χ0n) is 12.4. The van der Waals surface area contributed by atoms with Crippen LogP contribution in [0.25, 0.3) is 0 Å². The standard InChI is InChI=1S/C6H12ClNSi.C5H9F2NSi.CH4.Ca.O/c1-9(2,7)6-4-3-5-8;1-9(6,7)5-3-2-4-8;;;/h3-4,6H2,1-2H3;2-3,5H2,1H3;1H4;;. The third kappa shape index (κ3) is 44.9. The molecule has 0 unspecified atom stereocenters. The van der Waals surface area contributed by atoms with E-state index in [0.29, 0.717) is 12.8 Å². The van der Waals surface area contributed by atoms with E-state index in [2.05, 4.69) is 19.2 Å². The molecule has 0 fully saturated rings. The second-order valence-corrected chi connectivity index (χ2v) is 14.5. The van der Waals surface area contributed by atoms with Crippen LogP contribution in [0.15, 0.2) is 0 Å². The molecule has 0 aliphatic carbocycles. The van der Waals surface area contributed by atoms with Crippen molar-refractivity contribution >= 4 is 63.1 Å². The summed E-state index contributed by atoms with van der Waals surface area (Å²) in [6, 6.07) is 4.95. The van der Waals surface area contributed by atoms with Gasteiger partial charge in [-0.25, -0.2) is 0 Å². The second kappa shape index (κ2) is 18.7. The summed E-state index contributed by atoms with van der Waals surface area (Å²) in [7, 11) is -5.22. The van der Waals surface area contributed by atoms with Gasteiger partial charge < -0.3 is 0 Å². The first kappa shape index (κ1) is 29.6. The molecular formula is C12H25CaClF2N2OSi2. The van der Waals surface area contributed by atoms with Crippen LogP contribution in [0.3, 0.4) is 0 Å². The summed E-state index contributed by atoms with van der Waals surface area (Å²) in [6.07, 6.45) is 2.24. The van der Waals surface area contributed by atoms with Crippen molar-refractivity contribution in [3.05, 3.63) is 0 Å². The second-order valence-electron chi connectivity index (χ2n) is 4.81. The van der Waals surface area contributed by atoms with Crippen LogP contribution in [0.5, 0.6) is 0 Å². The van der Waals surface area contributed by atoms with Crippen molar-refractivity contribution in [2.75, 3.05) is 0 Å². The SMILES string of the molecule is C.C[Si](C)(Cl)CCCC#N.C[Si](F)(F)CCCC#N.[O]=[Ca]. The van der Waals surface area contributed by atoms with Crippen LogP contribution in [-0.2, 0) is 1.43 Å². The number of nitrogens with zero attached hydrogens (tertiary/aromatic N) is 2. The Bertz CT molecular complexity index is 282. The van der Waals surface area contributed by atoms with E-state index in [9.17, 15) is 8.22 Å². The Labute approximate surface area is 159 Å². The molecule has 0 aromatic heterocycles. The Kier molecular flexibility index (Phi) is 26.3. The molecule has 0 rings (SSSR count). The van der Waals surface area contributed by atoms with E-state index in [0.717, 1.165) is 19.0 Å². The number of hydrogen-bond donors (Lipinski definition) is 0. The number of halogens is 3. The molecule has 0 atom stereocenters. The van der Waals surface area contributed by atoms with Gasteiger partial charge in [-0.2, -0.15) is 21.6 Å². The summed E-state index contributed by atoms with van der Waals surface area (Å²) in [6.45, 7) is 5.21. The predicted octanol–water partition coefficient (Wildman–Crippen LogP) is 5.17. The maximum atomic E-state index is 12.1. The van der Waals surface area contributed by atoms with Gasteiger partial charge in [0.1, 0.15) is 0 Å². The summed E-state index contributed by atoms with van der Waals surface area (Å²) in [5.41, 5.74) is 0. The van der Waals surface area contributed by atoms with Crippen LogP contribution in [-0.4, -0.2) is 52.0 Å². The van der Waals surface area contributed by atoms with Gasteiger partial charge in [0.05, 0.1) is 12.1 Å². The fourth-order valence-corrected chi connectivity index (χ4v) is 3.28. The predicted molar refractivity (Wildman–Crippen MR) is 89.6 cm³/mol. The Morgan fingerprint density at radius 2 is 1.33 bits per heavy atom. The van der Waals surface area contributed by atoms with Crippen LogP contribution in [0.2, 0.25) is 31.7 Å². The summed E-state index contributed by atoms with van der Waals surface area (Å²) in [5.74, 6) is 0. The number of hydrogen-bond acceptors (Lipinski definition) is 3. The first-order valence-corrected chi connectivity index (χ1v) is 13.8. The van der Waals surface area contributed by atoms with Crippen LogP contribution in [0.1, 0.15) is 33.1 Å². The molecule has 0 aromatic rings. The summed E-state index contributed by atoms with van der Waals surface area (Å²) >= 11 is 6.12. The van der Waals surface area contributed by atoms with Gasteiger partial charge >= 0.3 is 46.1 Å². The molecule has 0 amide bonds. The maximum absolute atomic E-state index is 12.1. The Morgan fingerprint density at radius 1 is 1.00 bits per heavy atom. The summed E-state index contributed by atoms with van der Waals surface area (Å²) in [5, 5.41) is 16.2. The molecule has 0 aliphatic heterocycles. The number of rotatable bonds is 6. The van der Waals surface area contributed by atoms with Crippen molar-refractivity contribution in [2.24, 2.45) is 0 Å². The van der Waals surface area contributed by atoms with Gasteiger partial charge in [0.25, 0.3) is 0 Å². The fourth-order valence-electron chi connectivity index (χ4n) is 1.07. The van der Waals surface area contributed by atoms with E-state index in [1.807, 2.05) is 6.07 Å². The molecule has 0 saturated carbocycles. The minimum absolute atomic E-state index is 0. The molecule has 3 nitrogen and oxygen atoms in total. The Balaban J connectivity index is -0.000000118. The molecule has 0 bridgehead atoms. The van der Waals surface area contributed by atoms with Crippen molar-refractivity contribution in [1.82, 2.24) is 0 Å². The van der Waals surface area contributed by atoms with Crippen LogP contribution < -0.4 is 0 Å². The van der Waals surface area contributed by atoms with Gasteiger partial charge in [-0.15, -0.1) is 0 Å². The van der Waals surface area contributed by atoms with E-state index >= 15 is 0 Å². The van der Waals surface area contributed by atoms with E-state index in [1.54, 1.807) is 0 Å². The first-order valence-electron chi connectivity index (χ1n) is 6.22. The molecule has 0 aliphatic rings. The average Bonchev–Trinajstić information content (AvgIpc) is 2.30. The van der Waals surface area contributed by atoms with Gasteiger partial charge in [-0.05, 0) is 31.5 Å². The zero-order chi connectivity index (χ0) is 16.7. The van der Waals surface area contributed by atoms with Crippen molar-refractivity contribution in [1.29, 1.82) is 10.5 Å². The van der Waals surface area contributed by atoms with Crippen LogP contribution in [0, 0.1) is 22.7 Å². The molecule has 0 aromatic carbocycles. The zero-order valence-corrected chi connectivity index (χ0v) is 17.4. The Morgan fingerprint density at radius 3 is 1.57 bits per heavy atom. The molecule has 0 heterocycles. The van der Waals surface area contributed by atoms with Gasteiger partial charge in [0.15, 0.2) is 7.38 Å². The van der Waals surface area contributed by atoms with Crippen LogP contribution >= 0.6 is 11.1 Å². The molecular weight excluding hydrogens is 358 g/mol. The topological polar surface area (TPSA) is 64.7 Å². The Hall–Kier alpha value is 0.624. The van der Waals surface area contributed by atoms with E-state index < -0.39 is 16.1 Å². The average molecular weight is 383 g/mol. The number of unbranched alkanes of at least 4 members (excludes halogenated alkanes) is 2. The number of nitriles is 2. The van der Waals surface area contributed by atoms with Crippen LogP contribution in [0.4, 0.5) is 8.22 Å². The van der Waals surface area contributed by atoms with Crippen molar-refractivity contribution < 1.29 is 9.65 Å². The van der Waals surface area contributed by atoms with Crippen molar-refractivity contribution in [3.63, 3.8) is 0 Å². The van der Waals surface area contributed by atoms with Gasteiger partial charge in [-0.1, -0.05) is 20.5 Å². The summed E-state index contributed by atoms with van der Waals surface area (Å²) in [4.78, 5) is 0. The van der Waals surface area contributed by atoms with Gasteiger partial charge in [0.2, 0.25) is 0 Å². The van der Waals surface area contributed by atoms with E-state index in [4.69, 9.17) is 23.0 Å². The first-order chi connectivity index (χ1) is 9.12. The van der Waals surface area contributed by atoms with Gasteiger partial charge in [-0.3, -0.25) is 8.22 Å².